The molecule has 0 aliphatic rings. The third kappa shape index (κ3) is 9.68. The number of alkyl halides is 3. The van der Waals surface area contributed by atoms with E-state index in [1.54, 1.807) is 13.8 Å². The summed E-state index contributed by atoms with van der Waals surface area (Å²) in [5, 5.41) is 3.14. The van der Waals surface area contributed by atoms with E-state index in [4.69, 9.17) is 9.47 Å². The number of carbonyl (C=O) groups excluding carboxylic acids is 1. The predicted molar refractivity (Wildman–Crippen MR) is 74.1 cm³/mol. The van der Waals surface area contributed by atoms with Gasteiger partial charge in [0.05, 0.1) is 19.6 Å². The fourth-order valence-electron chi connectivity index (χ4n) is 1.77. The minimum atomic E-state index is -4.19. The highest BCUT2D eigenvalue weighted by molar-refractivity contribution is 5.80. The summed E-state index contributed by atoms with van der Waals surface area (Å²) in [6.07, 6.45) is -3.32. The lowest BCUT2D eigenvalue weighted by Crippen LogP contribution is -2.50. The Balaban J connectivity index is 4.09. The number of rotatable bonds is 11. The highest BCUT2D eigenvalue weighted by Crippen LogP contribution is 2.19. The average molecular weight is 313 g/mol. The van der Waals surface area contributed by atoms with E-state index in [0.29, 0.717) is 26.0 Å². The van der Waals surface area contributed by atoms with Crippen molar-refractivity contribution < 1.29 is 27.4 Å². The van der Waals surface area contributed by atoms with Crippen LogP contribution in [0.25, 0.3) is 0 Å². The maximum Gasteiger partial charge on any atom is 0.391 e. The molecule has 126 valence electrons. The van der Waals surface area contributed by atoms with Gasteiger partial charge >= 0.3 is 12.1 Å². The molecule has 0 rings (SSSR count). The highest BCUT2D eigenvalue weighted by Gasteiger charge is 2.33. The number of ether oxygens (including phenoxy) is 2. The summed E-state index contributed by atoms with van der Waals surface area (Å²) in [5.74, 6) is -0.339. The summed E-state index contributed by atoms with van der Waals surface area (Å²) in [4.78, 5) is 11.9. The monoisotopic (exact) mass is 313 g/mol. The van der Waals surface area contributed by atoms with Gasteiger partial charge in [0.1, 0.15) is 5.54 Å². The second-order valence-electron chi connectivity index (χ2n) is 5.06. The maximum absolute atomic E-state index is 11.9. The van der Waals surface area contributed by atoms with Crippen LogP contribution < -0.4 is 5.32 Å². The molecule has 1 atom stereocenters. The van der Waals surface area contributed by atoms with Crippen molar-refractivity contribution in [1.82, 2.24) is 5.32 Å². The largest absolute Gasteiger partial charge is 0.465 e. The van der Waals surface area contributed by atoms with E-state index in [1.807, 2.05) is 6.92 Å². The standard InChI is InChI=1S/C14H26F3NO3/c1-4-9-18-13(3,12(19)21-5-2)7-6-10-20-11-8-14(15,16)17/h18H,4-11H2,1-3H3. The normalized spacial score (nSPS) is 14.8. The number of esters is 1. The smallest absolute Gasteiger partial charge is 0.391 e. The molecule has 0 amide bonds. The van der Waals surface area contributed by atoms with Crippen LogP contribution in [0.5, 0.6) is 0 Å². The zero-order valence-corrected chi connectivity index (χ0v) is 13.0. The van der Waals surface area contributed by atoms with Crippen molar-refractivity contribution in [1.29, 1.82) is 0 Å². The number of hydrogen-bond donors (Lipinski definition) is 1. The van der Waals surface area contributed by atoms with Crippen LogP contribution in [0.3, 0.4) is 0 Å². The predicted octanol–water partition coefficient (Wildman–Crippen LogP) is 3.06. The van der Waals surface area contributed by atoms with E-state index in [2.05, 4.69) is 5.32 Å². The molecular formula is C14H26F3NO3. The Labute approximate surface area is 124 Å². The lowest BCUT2D eigenvalue weighted by atomic mass is 9.95. The fourth-order valence-corrected chi connectivity index (χ4v) is 1.77. The fraction of sp³-hybridized carbons (Fsp3) is 0.929. The van der Waals surface area contributed by atoms with E-state index in [9.17, 15) is 18.0 Å². The Kier molecular flexibility index (Phi) is 9.61. The molecule has 0 fully saturated rings. The maximum atomic E-state index is 11.9. The van der Waals surface area contributed by atoms with Crippen LogP contribution in [-0.2, 0) is 14.3 Å². The molecule has 0 aliphatic heterocycles. The minimum absolute atomic E-state index is 0.193. The van der Waals surface area contributed by atoms with Crippen LogP contribution in [0, 0.1) is 0 Å². The molecule has 0 aliphatic carbocycles. The van der Waals surface area contributed by atoms with Crippen molar-refractivity contribution in [2.45, 2.75) is 58.2 Å². The first-order valence-electron chi connectivity index (χ1n) is 7.32. The van der Waals surface area contributed by atoms with Crippen LogP contribution in [0.1, 0.15) is 46.5 Å². The summed E-state index contributed by atoms with van der Waals surface area (Å²) >= 11 is 0. The second kappa shape index (κ2) is 10.00. The SMILES string of the molecule is CCCNC(C)(CCCOCCC(F)(F)F)C(=O)OCC. The number of carbonyl (C=O) groups is 1. The summed E-state index contributed by atoms with van der Waals surface area (Å²) in [5.41, 5.74) is -0.820. The van der Waals surface area contributed by atoms with E-state index in [-0.39, 0.29) is 19.2 Å². The molecular weight excluding hydrogens is 287 g/mol. The van der Waals surface area contributed by atoms with Crippen LogP contribution in [0.2, 0.25) is 0 Å². The van der Waals surface area contributed by atoms with E-state index in [0.717, 1.165) is 6.42 Å². The Bertz CT molecular complexity index is 298. The van der Waals surface area contributed by atoms with Gasteiger partial charge in [0.15, 0.2) is 0 Å². The van der Waals surface area contributed by atoms with Gasteiger partial charge in [-0.3, -0.25) is 4.79 Å². The van der Waals surface area contributed by atoms with Gasteiger partial charge in [-0.05, 0) is 39.7 Å². The third-order valence-corrected chi connectivity index (χ3v) is 2.99. The number of nitrogens with one attached hydrogen (secondary N) is 1. The molecule has 0 aromatic carbocycles. The molecule has 0 saturated heterocycles. The van der Waals surface area contributed by atoms with Crippen LogP contribution >= 0.6 is 0 Å². The van der Waals surface area contributed by atoms with Gasteiger partial charge in [-0.15, -0.1) is 0 Å². The zero-order chi connectivity index (χ0) is 16.4. The van der Waals surface area contributed by atoms with E-state index >= 15 is 0 Å². The van der Waals surface area contributed by atoms with Gasteiger partial charge in [-0.25, -0.2) is 0 Å². The van der Waals surface area contributed by atoms with Gasteiger partial charge in [0.2, 0.25) is 0 Å². The van der Waals surface area contributed by atoms with Gasteiger partial charge in [-0.1, -0.05) is 6.92 Å². The quantitative estimate of drug-likeness (QED) is 0.470. The summed E-state index contributed by atoms with van der Waals surface area (Å²) in [6.45, 7) is 6.28. The molecule has 7 heteroatoms. The average Bonchev–Trinajstić information content (AvgIpc) is 2.39. The lowest BCUT2D eigenvalue weighted by molar-refractivity contribution is -0.151. The Morgan fingerprint density at radius 3 is 2.33 bits per heavy atom. The van der Waals surface area contributed by atoms with Gasteiger partial charge < -0.3 is 14.8 Å². The summed E-state index contributed by atoms with van der Waals surface area (Å²) in [6, 6.07) is 0. The third-order valence-electron chi connectivity index (χ3n) is 2.99. The molecule has 1 unspecified atom stereocenters. The van der Waals surface area contributed by atoms with Crippen LogP contribution in [0.15, 0.2) is 0 Å². The number of halogens is 3. The van der Waals surface area contributed by atoms with Crippen molar-refractivity contribution in [2.75, 3.05) is 26.4 Å². The lowest BCUT2D eigenvalue weighted by Gasteiger charge is -2.28. The van der Waals surface area contributed by atoms with Gasteiger partial charge in [0, 0.05) is 6.61 Å². The molecule has 0 saturated carbocycles. The van der Waals surface area contributed by atoms with Crippen molar-refractivity contribution in [3.05, 3.63) is 0 Å². The second-order valence-corrected chi connectivity index (χ2v) is 5.06. The minimum Gasteiger partial charge on any atom is -0.465 e. The van der Waals surface area contributed by atoms with Crippen LogP contribution in [0.4, 0.5) is 13.2 Å². The molecule has 0 spiro atoms. The van der Waals surface area contributed by atoms with Crippen molar-refractivity contribution in [3.63, 3.8) is 0 Å². The molecule has 0 radical (unpaired) electrons. The first-order chi connectivity index (χ1) is 9.75. The van der Waals surface area contributed by atoms with Gasteiger partial charge in [0.25, 0.3) is 0 Å². The van der Waals surface area contributed by atoms with Crippen LogP contribution in [-0.4, -0.2) is 44.0 Å². The Morgan fingerprint density at radius 2 is 1.81 bits per heavy atom. The highest BCUT2D eigenvalue weighted by atomic mass is 19.4. The van der Waals surface area contributed by atoms with E-state index in [1.165, 1.54) is 0 Å². The molecule has 1 N–H and O–H groups in total. The topological polar surface area (TPSA) is 47.6 Å². The molecule has 0 aromatic rings. The molecule has 21 heavy (non-hydrogen) atoms. The van der Waals surface area contributed by atoms with Gasteiger partial charge in [-0.2, -0.15) is 13.2 Å². The first kappa shape index (κ1) is 20.2. The zero-order valence-electron chi connectivity index (χ0n) is 13.0. The van der Waals surface area contributed by atoms with Crippen molar-refractivity contribution in [2.24, 2.45) is 0 Å². The summed E-state index contributed by atoms with van der Waals surface area (Å²) in [7, 11) is 0. The summed E-state index contributed by atoms with van der Waals surface area (Å²) < 4.78 is 45.8. The molecule has 0 heterocycles. The first-order valence-corrected chi connectivity index (χ1v) is 7.32. The van der Waals surface area contributed by atoms with Crippen molar-refractivity contribution in [3.8, 4) is 0 Å². The molecule has 4 nitrogen and oxygen atoms in total. The molecule has 0 bridgehead atoms. The van der Waals surface area contributed by atoms with Crippen molar-refractivity contribution >= 4 is 5.97 Å². The Morgan fingerprint density at radius 1 is 1.14 bits per heavy atom. The Hall–Kier alpha value is -0.820. The van der Waals surface area contributed by atoms with E-state index < -0.39 is 18.1 Å². The number of hydrogen-bond acceptors (Lipinski definition) is 4. The molecule has 0 aromatic heterocycles.